The number of ether oxygens (including phenoxy) is 1. The Bertz CT molecular complexity index is 3180. The number of nitrogens with zero attached hydrogens (tertiary/aromatic N) is 2. The summed E-state index contributed by atoms with van der Waals surface area (Å²) in [5.74, 6) is 3.24. The third-order valence-electron chi connectivity index (χ3n) is 15.0. The molecule has 6 aromatic carbocycles. The number of aromatic nitrogens is 2. The van der Waals surface area contributed by atoms with E-state index in [9.17, 15) is 0 Å². The van der Waals surface area contributed by atoms with E-state index < -0.39 is 0 Å². The fourth-order valence-electron chi connectivity index (χ4n) is 11.4. The minimum atomic E-state index is -0.145. The Labute approximate surface area is 447 Å². The van der Waals surface area contributed by atoms with Crippen molar-refractivity contribution in [1.82, 2.24) is 9.97 Å². The second-order valence-corrected chi connectivity index (χ2v) is 21.9. The zero-order valence-electron chi connectivity index (χ0n) is 44.9. The molecular weight excluding hydrogens is 1050 g/mol. The minimum Gasteiger partial charge on any atom is -0.497 e. The summed E-state index contributed by atoms with van der Waals surface area (Å²) in [6.45, 7) is 31.8. The van der Waals surface area contributed by atoms with E-state index in [2.05, 4.69) is 230 Å². The van der Waals surface area contributed by atoms with Gasteiger partial charge in [-0.3, -0.25) is 0 Å². The second-order valence-electron chi connectivity index (χ2n) is 21.9. The van der Waals surface area contributed by atoms with Gasteiger partial charge in [-0.1, -0.05) is 225 Å². The average Bonchev–Trinajstić information content (AvgIpc) is 3.35. The quantitative estimate of drug-likeness (QED) is 0.0852. The molecule has 0 fully saturated rings. The maximum Gasteiger partial charge on any atom is 2.00 e. The van der Waals surface area contributed by atoms with E-state index in [1.807, 2.05) is 12.3 Å². The molecule has 1 aliphatic heterocycles. The summed E-state index contributed by atoms with van der Waals surface area (Å²) >= 11 is 0. The molecule has 0 unspecified atom stereocenters. The van der Waals surface area contributed by atoms with Gasteiger partial charge in [0.1, 0.15) is 0 Å². The molecule has 3 nitrogen and oxygen atoms in total. The summed E-state index contributed by atoms with van der Waals surface area (Å²) in [5, 5.41) is 0. The molecule has 0 saturated carbocycles. The standard InChI is InChI=1S/C66H70B2N2O.Pt/c1-39(2)51-23-18-24-52(40(3)4)63(51)48-33-34-69-61(37-48)47-21-17-22-50(35-47)71-62-38-49(60-32-31-45(13)46(14)70-60)36-59-66(62)68(65-55(43(9)10)27-20-28-56(65)44(11)12)58-30-16-15-29-57(58)67(59)64-53(41(5)6)25-19-26-54(64)42(7)8;/h15-34,36-37,39-44H,1-14H3;/q-2;+2. The molecule has 3 heterocycles. The first-order valence-corrected chi connectivity index (χ1v) is 26.2. The van der Waals surface area contributed by atoms with Gasteiger partial charge in [-0.25, -0.2) is 0 Å². The van der Waals surface area contributed by atoms with Crippen molar-refractivity contribution >= 4 is 46.2 Å². The Morgan fingerprint density at radius 3 is 1.47 bits per heavy atom. The van der Waals surface area contributed by atoms with E-state index in [1.54, 1.807) is 0 Å². The van der Waals surface area contributed by atoms with E-state index in [0.717, 1.165) is 39.2 Å². The first kappa shape index (κ1) is 52.6. The SMILES string of the molecule is Cc1ccc(-c2[c-]c(Oc3[c-]c(-c4cc(-c5c(C(C)C)cccc5C(C)C)ccn4)ccc3)c3c(c2)B(c2c(C(C)C)cccc2C(C)C)c2ccccc2B3c2c(C(C)C)cccc2C(C)C)nc1C.[Pt+2]. The van der Waals surface area contributed by atoms with Crippen LogP contribution in [0.4, 0.5) is 0 Å². The first-order valence-electron chi connectivity index (χ1n) is 26.2. The van der Waals surface area contributed by atoms with Crippen LogP contribution in [-0.4, -0.2) is 23.4 Å². The third kappa shape index (κ3) is 10.0. The molecule has 366 valence electrons. The van der Waals surface area contributed by atoms with Crippen molar-refractivity contribution in [2.45, 2.75) is 132 Å². The topological polar surface area (TPSA) is 35.0 Å². The van der Waals surface area contributed by atoms with Gasteiger partial charge in [0.05, 0.1) is 0 Å². The number of hydrogen-bond donors (Lipinski definition) is 0. The van der Waals surface area contributed by atoms with E-state index in [-0.39, 0.29) is 46.3 Å². The van der Waals surface area contributed by atoms with Crippen LogP contribution in [0.15, 0.2) is 134 Å². The van der Waals surface area contributed by atoms with Crippen LogP contribution in [0, 0.1) is 26.0 Å². The third-order valence-corrected chi connectivity index (χ3v) is 15.0. The predicted octanol–water partition coefficient (Wildman–Crippen LogP) is 13.6. The molecule has 0 amide bonds. The average molecular weight is 1120 g/mol. The fraction of sp³-hybridized carbons (Fsp3) is 0.303. The molecule has 6 heteroatoms. The number of rotatable bonds is 13. The number of aryl methyl sites for hydroxylation is 2. The Balaban J connectivity index is 0.00000693. The summed E-state index contributed by atoms with van der Waals surface area (Å²) < 4.78 is 7.51. The normalized spacial score (nSPS) is 12.3. The molecule has 0 spiro atoms. The monoisotopic (exact) mass is 1120 g/mol. The van der Waals surface area contributed by atoms with E-state index in [4.69, 9.17) is 14.7 Å². The summed E-state index contributed by atoms with van der Waals surface area (Å²) in [6, 6.07) is 55.0. The smallest absolute Gasteiger partial charge is 0.497 e. The van der Waals surface area contributed by atoms with Crippen molar-refractivity contribution in [1.29, 1.82) is 0 Å². The molecular formula is C66H70B2N2OPt. The van der Waals surface area contributed by atoms with Gasteiger partial charge in [0.15, 0.2) is 6.71 Å². The maximum absolute atomic E-state index is 7.51. The molecule has 0 aliphatic carbocycles. The molecule has 72 heavy (non-hydrogen) atoms. The van der Waals surface area contributed by atoms with Gasteiger partial charge in [-0.2, -0.15) is 5.46 Å². The summed E-state index contributed by atoms with van der Waals surface area (Å²) in [7, 11) is 0. The Morgan fingerprint density at radius 2 is 0.944 bits per heavy atom. The maximum atomic E-state index is 7.51. The largest absolute Gasteiger partial charge is 2.00 e. The van der Waals surface area contributed by atoms with Crippen LogP contribution in [0.1, 0.15) is 163 Å². The number of fused-ring (bicyclic) bond motifs is 2. The van der Waals surface area contributed by atoms with Crippen molar-refractivity contribution in [3.05, 3.63) is 190 Å². The molecule has 1 aliphatic rings. The van der Waals surface area contributed by atoms with Gasteiger partial charge in [-0.15, -0.1) is 40.9 Å². The summed E-state index contributed by atoms with van der Waals surface area (Å²) in [6.07, 6.45) is 1.94. The van der Waals surface area contributed by atoms with Crippen molar-refractivity contribution in [2.75, 3.05) is 0 Å². The number of hydrogen-bond acceptors (Lipinski definition) is 3. The van der Waals surface area contributed by atoms with E-state index in [0.29, 0.717) is 35.2 Å². The van der Waals surface area contributed by atoms with Crippen LogP contribution >= 0.6 is 0 Å². The van der Waals surface area contributed by atoms with E-state index in [1.165, 1.54) is 71.8 Å². The Morgan fingerprint density at radius 1 is 0.444 bits per heavy atom. The van der Waals surface area contributed by atoms with Crippen molar-refractivity contribution in [2.24, 2.45) is 0 Å². The van der Waals surface area contributed by atoms with Gasteiger partial charge in [-0.05, 0) is 106 Å². The number of benzene rings is 6. The zero-order valence-corrected chi connectivity index (χ0v) is 47.2. The second kappa shape index (κ2) is 21.8. The summed E-state index contributed by atoms with van der Waals surface area (Å²) in [5.41, 5.74) is 24.1. The van der Waals surface area contributed by atoms with Gasteiger partial charge >= 0.3 is 21.1 Å². The molecule has 2 aromatic heterocycles. The molecule has 0 N–H and O–H groups in total. The van der Waals surface area contributed by atoms with Crippen molar-refractivity contribution in [3.8, 4) is 45.1 Å². The fourth-order valence-corrected chi connectivity index (χ4v) is 11.4. The number of pyridine rings is 2. The Kier molecular flexibility index (Phi) is 15.9. The van der Waals surface area contributed by atoms with Crippen LogP contribution in [-0.2, 0) is 21.1 Å². The van der Waals surface area contributed by atoms with Crippen LogP contribution in [0.25, 0.3) is 33.6 Å². The van der Waals surface area contributed by atoms with Crippen LogP contribution < -0.4 is 37.5 Å². The van der Waals surface area contributed by atoms with Gasteiger partial charge < -0.3 is 14.7 Å². The molecule has 8 aromatic rings. The van der Waals surface area contributed by atoms with Gasteiger partial charge in [0.2, 0.25) is 6.71 Å². The van der Waals surface area contributed by atoms with E-state index >= 15 is 0 Å². The van der Waals surface area contributed by atoms with Crippen LogP contribution in [0.3, 0.4) is 0 Å². The molecule has 0 bridgehead atoms. The summed E-state index contributed by atoms with van der Waals surface area (Å²) in [4.78, 5) is 10.2. The first-order chi connectivity index (χ1) is 34.0. The van der Waals surface area contributed by atoms with Gasteiger partial charge in [0.25, 0.3) is 0 Å². The van der Waals surface area contributed by atoms with Crippen LogP contribution in [0.2, 0.25) is 0 Å². The zero-order chi connectivity index (χ0) is 50.4. The molecule has 0 atom stereocenters. The molecule has 9 rings (SSSR count). The predicted molar refractivity (Wildman–Crippen MR) is 305 cm³/mol. The minimum absolute atomic E-state index is 0. The molecule has 0 radical (unpaired) electrons. The van der Waals surface area contributed by atoms with Crippen molar-refractivity contribution in [3.63, 3.8) is 0 Å². The Hall–Kier alpha value is -5.76. The van der Waals surface area contributed by atoms with Gasteiger partial charge in [0, 0.05) is 23.4 Å². The van der Waals surface area contributed by atoms with Crippen LogP contribution in [0.5, 0.6) is 11.5 Å². The molecule has 0 saturated heterocycles. The van der Waals surface area contributed by atoms with Crippen molar-refractivity contribution < 1.29 is 25.8 Å².